The van der Waals surface area contributed by atoms with Crippen LogP contribution in [0.3, 0.4) is 0 Å². The zero-order valence-corrected chi connectivity index (χ0v) is 15.4. The SMILES string of the molecule is CCc1cc(-n2nncc2-c2ccc(OC)cc2)cc(CC)c1CC. The molecule has 3 aromatic rings. The van der Waals surface area contributed by atoms with Gasteiger partial charge in [-0.1, -0.05) is 26.0 Å². The van der Waals surface area contributed by atoms with Gasteiger partial charge in [-0.25, -0.2) is 4.68 Å². The summed E-state index contributed by atoms with van der Waals surface area (Å²) in [4.78, 5) is 0. The largest absolute Gasteiger partial charge is 0.497 e. The van der Waals surface area contributed by atoms with Crippen LogP contribution in [-0.4, -0.2) is 22.1 Å². The molecule has 0 saturated heterocycles. The summed E-state index contributed by atoms with van der Waals surface area (Å²) >= 11 is 0. The number of methoxy groups -OCH3 is 1. The van der Waals surface area contributed by atoms with Crippen molar-refractivity contribution < 1.29 is 4.74 Å². The number of hydrogen-bond acceptors (Lipinski definition) is 3. The minimum Gasteiger partial charge on any atom is -0.497 e. The predicted octanol–water partition coefficient (Wildman–Crippen LogP) is 4.63. The first kappa shape index (κ1) is 17.2. The Balaban J connectivity index is 2.10. The van der Waals surface area contributed by atoms with Crippen molar-refractivity contribution in [3.63, 3.8) is 0 Å². The minimum absolute atomic E-state index is 0.844. The first-order valence-electron chi connectivity index (χ1n) is 8.91. The van der Waals surface area contributed by atoms with Crippen LogP contribution in [0.2, 0.25) is 0 Å². The lowest BCUT2D eigenvalue weighted by Gasteiger charge is -2.15. The summed E-state index contributed by atoms with van der Waals surface area (Å²) in [6, 6.07) is 12.5. The number of hydrogen-bond donors (Lipinski definition) is 0. The van der Waals surface area contributed by atoms with Gasteiger partial charge in [0.15, 0.2) is 0 Å². The van der Waals surface area contributed by atoms with Crippen LogP contribution in [0.4, 0.5) is 0 Å². The van der Waals surface area contributed by atoms with E-state index in [2.05, 4.69) is 43.2 Å². The van der Waals surface area contributed by atoms with Crippen LogP contribution in [-0.2, 0) is 19.3 Å². The summed E-state index contributed by atoms with van der Waals surface area (Å²) < 4.78 is 7.18. The van der Waals surface area contributed by atoms with Crippen molar-refractivity contribution in [1.29, 1.82) is 0 Å². The fraction of sp³-hybridized carbons (Fsp3) is 0.333. The first-order chi connectivity index (χ1) is 12.2. The monoisotopic (exact) mass is 335 g/mol. The van der Waals surface area contributed by atoms with Gasteiger partial charge in [-0.15, -0.1) is 5.10 Å². The van der Waals surface area contributed by atoms with Crippen molar-refractivity contribution in [1.82, 2.24) is 15.0 Å². The van der Waals surface area contributed by atoms with Gasteiger partial charge in [-0.3, -0.25) is 0 Å². The molecule has 4 nitrogen and oxygen atoms in total. The van der Waals surface area contributed by atoms with Crippen molar-refractivity contribution >= 4 is 0 Å². The molecule has 25 heavy (non-hydrogen) atoms. The van der Waals surface area contributed by atoms with E-state index in [-0.39, 0.29) is 0 Å². The van der Waals surface area contributed by atoms with Gasteiger partial charge in [-0.2, -0.15) is 0 Å². The zero-order valence-electron chi connectivity index (χ0n) is 15.4. The maximum atomic E-state index is 5.25. The molecule has 0 bridgehead atoms. The van der Waals surface area contributed by atoms with Gasteiger partial charge in [0.2, 0.25) is 0 Å². The van der Waals surface area contributed by atoms with Gasteiger partial charge in [-0.05, 0) is 72.4 Å². The maximum Gasteiger partial charge on any atom is 0.118 e. The molecule has 0 amide bonds. The molecule has 130 valence electrons. The van der Waals surface area contributed by atoms with Crippen LogP contribution in [0, 0.1) is 0 Å². The average molecular weight is 335 g/mol. The Morgan fingerprint density at radius 2 is 1.56 bits per heavy atom. The Morgan fingerprint density at radius 1 is 0.920 bits per heavy atom. The average Bonchev–Trinajstić information content (AvgIpc) is 3.16. The number of nitrogens with zero attached hydrogens (tertiary/aromatic N) is 3. The highest BCUT2D eigenvalue weighted by molar-refractivity contribution is 5.62. The van der Waals surface area contributed by atoms with Crippen molar-refractivity contribution in [2.75, 3.05) is 7.11 Å². The topological polar surface area (TPSA) is 39.9 Å². The fourth-order valence-corrected chi connectivity index (χ4v) is 3.37. The van der Waals surface area contributed by atoms with Crippen LogP contribution in [0.1, 0.15) is 37.5 Å². The first-order valence-corrected chi connectivity index (χ1v) is 8.91. The quantitative estimate of drug-likeness (QED) is 0.659. The maximum absolute atomic E-state index is 5.25. The van der Waals surface area contributed by atoms with E-state index in [4.69, 9.17) is 4.74 Å². The lowest BCUT2D eigenvalue weighted by molar-refractivity contribution is 0.415. The summed E-state index contributed by atoms with van der Waals surface area (Å²) in [5.74, 6) is 0.844. The second kappa shape index (κ2) is 7.51. The van der Waals surface area contributed by atoms with Crippen LogP contribution in [0.25, 0.3) is 16.9 Å². The standard InChI is InChI=1S/C21H25N3O/c1-5-15-12-18(13-16(6-2)20(15)7-3)24-21(14-22-23-24)17-8-10-19(25-4)11-9-17/h8-14H,5-7H2,1-4H3. The number of aromatic nitrogens is 3. The number of aryl methyl sites for hydroxylation is 2. The highest BCUT2D eigenvalue weighted by Gasteiger charge is 2.13. The molecule has 1 heterocycles. The Bertz CT molecular complexity index is 825. The van der Waals surface area contributed by atoms with Gasteiger partial charge in [0.25, 0.3) is 0 Å². The number of rotatable bonds is 6. The third kappa shape index (κ3) is 3.29. The summed E-state index contributed by atoms with van der Waals surface area (Å²) in [5.41, 5.74) is 7.40. The molecular formula is C21H25N3O. The highest BCUT2D eigenvalue weighted by atomic mass is 16.5. The van der Waals surface area contributed by atoms with E-state index >= 15 is 0 Å². The van der Waals surface area contributed by atoms with Gasteiger partial charge in [0.1, 0.15) is 5.75 Å². The zero-order chi connectivity index (χ0) is 17.8. The molecule has 4 heteroatoms. The summed E-state index contributed by atoms with van der Waals surface area (Å²) in [7, 11) is 1.68. The van der Waals surface area contributed by atoms with E-state index in [0.29, 0.717) is 0 Å². The summed E-state index contributed by atoms with van der Waals surface area (Å²) in [6.45, 7) is 6.65. The molecule has 0 saturated carbocycles. The molecular weight excluding hydrogens is 310 g/mol. The summed E-state index contributed by atoms with van der Waals surface area (Å²) in [6.07, 6.45) is 4.93. The second-order valence-electron chi connectivity index (χ2n) is 6.06. The molecule has 0 N–H and O–H groups in total. The molecule has 1 aromatic heterocycles. The molecule has 0 unspecified atom stereocenters. The van der Waals surface area contributed by atoms with E-state index in [1.54, 1.807) is 7.11 Å². The highest BCUT2D eigenvalue weighted by Crippen LogP contribution is 2.27. The van der Waals surface area contributed by atoms with Crippen LogP contribution < -0.4 is 4.74 Å². The van der Waals surface area contributed by atoms with E-state index in [1.165, 1.54) is 16.7 Å². The Kier molecular flexibility index (Phi) is 5.17. The third-order valence-electron chi connectivity index (χ3n) is 4.71. The van der Waals surface area contributed by atoms with E-state index in [0.717, 1.165) is 42.0 Å². The molecule has 0 atom stereocenters. The molecule has 0 fully saturated rings. The van der Waals surface area contributed by atoms with E-state index in [1.807, 2.05) is 35.1 Å². The van der Waals surface area contributed by atoms with Crippen LogP contribution in [0.5, 0.6) is 5.75 Å². The van der Waals surface area contributed by atoms with E-state index in [9.17, 15) is 0 Å². The molecule has 0 aliphatic carbocycles. The molecule has 0 aliphatic rings. The molecule has 0 radical (unpaired) electrons. The van der Waals surface area contributed by atoms with Crippen LogP contribution in [0.15, 0.2) is 42.6 Å². The normalized spacial score (nSPS) is 10.9. The van der Waals surface area contributed by atoms with Crippen molar-refractivity contribution in [2.24, 2.45) is 0 Å². The van der Waals surface area contributed by atoms with Gasteiger partial charge >= 0.3 is 0 Å². The Labute approximate surface area is 149 Å². The number of ether oxygens (including phenoxy) is 1. The Hall–Kier alpha value is -2.62. The van der Waals surface area contributed by atoms with E-state index < -0.39 is 0 Å². The molecule has 0 aliphatic heterocycles. The second-order valence-corrected chi connectivity index (χ2v) is 6.06. The lowest BCUT2D eigenvalue weighted by atomic mass is 9.94. The molecule has 0 spiro atoms. The Morgan fingerprint density at radius 3 is 2.08 bits per heavy atom. The lowest BCUT2D eigenvalue weighted by Crippen LogP contribution is -2.05. The molecule has 3 rings (SSSR count). The predicted molar refractivity (Wildman–Crippen MR) is 101 cm³/mol. The van der Waals surface area contributed by atoms with Crippen molar-refractivity contribution in [3.8, 4) is 22.7 Å². The third-order valence-corrected chi connectivity index (χ3v) is 4.71. The van der Waals surface area contributed by atoms with Gasteiger partial charge in [0, 0.05) is 5.56 Å². The van der Waals surface area contributed by atoms with Crippen molar-refractivity contribution in [3.05, 3.63) is 59.3 Å². The van der Waals surface area contributed by atoms with Gasteiger partial charge in [0.05, 0.1) is 24.7 Å². The number of benzene rings is 2. The smallest absolute Gasteiger partial charge is 0.118 e. The fourth-order valence-electron chi connectivity index (χ4n) is 3.37. The minimum atomic E-state index is 0.844. The van der Waals surface area contributed by atoms with Crippen molar-refractivity contribution in [2.45, 2.75) is 40.0 Å². The van der Waals surface area contributed by atoms with Crippen LogP contribution >= 0.6 is 0 Å². The summed E-state index contributed by atoms with van der Waals surface area (Å²) in [5, 5.41) is 8.50. The molecule has 2 aromatic carbocycles. The van der Waals surface area contributed by atoms with Gasteiger partial charge < -0.3 is 4.74 Å².